The van der Waals surface area contributed by atoms with Crippen molar-refractivity contribution in [2.24, 2.45) is 5.73 Å². The molecular weight excluding hydrogens is 305 g/mol. The number of halogens is 3. The number of aromatic nitrogens is 1. The maximum Gasteiger partial charge on any atom is 0.443 e. The van der Waals surface area contributed by atoms with Crippen molar-refractivity contribution in [3.63, 3.8) is 0 Å². The molecule has 0 aliphatic carbocycles. The van der Waals surface area contributed by atoms with Crippen LogP contribution in [0.4, 0.5) is 13.2 Å². The number of alkyl halides is 3. The van der Waals surface area contributed by atoms with Crippen molar-refractivity contribution in [1.82, 2.24) is 4.98 Å². The topological polar surface area (TPSA) is 57.4 Å². The number of methoxy groups -OCH3 is 2. The largest absolute Gasteiger partial charge is 0.493 e. The molecule has 0 bridgehead atoms. The molecule has 2 rings (SSSR count). The highest BCUT2D eigenvalue weighted by Crippen LogP contribution is 2.40. The van der Waals surface area contributed by atoms with Crippen LogP contribution in [0.1, 0.15) is 10.6 Å². The Bertz CT molecular complexity index is 641. The zero-order valence-electron chi connectivity index (χ0n) is 11.3. The smallest absolute Gasteiger partial charge is 0.443 e. The first kappa shape index (κ1) is 15.6. The van der Waals surface area contributed by atoms with Crippen LogP contribution in [0.5, 0.6) is 11.5 Å². The molecule has 0 aliphatic rings. The van der Waals surface area contributed by atoms with Gasteiger partial charge in [-0.2, -0.15) is 13.2 Å². The van der Waals surface area contributed by atoms with Gasteiger partial charge in [-0.15, -0.1) is 11.3 Å². The number of nitrogens with two attached hydrogens (primary N) is 1. The molecule has 0 aliphatic heterocycles. The van der Waals surface area contributed by atoms with Crippen molar-refractivity contribution < 1.29 is 22.6 Å². The Morgan fingerprint density at radius 3 is 2.29 bits per heavy atom. The molecule has 1 aromatic heterocycles. The number of thiazole rings is 1. The van der Waals surface area contributed by atoms with E-state index in [2.05, 4.69) is 4.98 Å². The summed E-state index contributed by atoms with van der Waals surface area (Å²) < 4.78 is 48.3. The SMILES string of the molecule is COc1cc(CN)c(-c2cnc(C(F)(F)F)s2)cc1OC. The number of nitrogens with zero attached hydrogens (tertiary/aromatic N) is 1. The lowest BCUT2D eigenvalue weighted by atomic mass is 10.1. The van der Waals surface area contributed by atoms with E-state index in [4.69, 9.17) is 15.2 Å². The molecule has 1 heterocycles. The molecule has 2 aromatic rings. The van der Waals surface area contributed by atoms with Crippen molar-refractivity contribution in [2.45, 2.75) is 12.7 Å². The quantitative estimate of drug-likeness (QED) is 0.939. The van der Waals surface area contributed by atoms with E-state index in [-0.39, 0.29) is 6.54 Å². The van der Waals surface area contributed by atoms with Gasteiger partial charge < -0.3 is 15.2 Å². The molecule has 0 saturated heterocycles. The number of ether oxygens (including phenoxy) is 2. The first-order chi connectivity index (χ1) is 9.90. The van der Waals surface area contributed by atoms with Gasteiger partial charge in [0.25, 0.3) is 0 Å². The number of hydrogen-bond acceptors (Lipinski definition) is 5. The normalized spacial score (nSPS) is 11.5. The highest BCUT2D eigenvalue weighted by Gasteiger charge is 2.34. The van der Waals surface area contributed by atoms with E-state index in [1.807, 2.05) is 0 Å². The molecular formula is C13H13F3N2O2S. The third-order valence-corrected chi connectivity index (χ3v) is 3.92. The first-order valence-corrected chi connectivity index (χ1v) is 6.70. The Hall–Kier alpha value is -1.80. The summed E-state index contributed by atoms with van der Waals surface area (Å²) in [5, 5.41) is -0.893. The Morgan fingerprint density at radius 1 is 1.19 bits per heavy atom. The maximum atomic E-state index is 12.6. The van der Waals surface area contributed by atoms with Gasteiger partial charge in [0.2, 0.25) is 0 Å². The first-order valence-electron chi connectivity index (χ1n) is 5.89. The van der Waals surface area contributed by atoms with Crippen molar-refractivity contribution in [2.75, 3.05) is 14.2 Å². The zero-order chi connectivity index (χ0) is 15.6. The molecule has 1 aromatic carbocycles. The van der Waals surface area contributed by atoms with E-state index in [9.17, 15) is 13.2 Å². The molecule has 8 heteroatoms. The van der Waals surface area contributed by atoms with Crippen LogP contribution < -0.4 is 15.2 Å². The van der Waals surface area contributed by atoms with Crippen molar-refractivity contribution in [3.05, 3.63) is 28.9 Å². The van der Waals surface area contributed by atoms with Crippen LogP contribution in [0.2, 0.25) is 0 Å². The summed E-state index contributed by atoms with van der Waals surface area (Å²) in [5.74, 6) is 0.897. The van der Waals surface area contributed by atoms with E-state index < -0.39 is 11.2 Å². The lowest BCUT2D eigenvalue weighted by Gasteiger charge is -2.12. The van der Waals surface area contributed by atoms with Crippen LogP contribution in [0.25, 0.3) is 10.4 Å². The minimum Gasteiger partial charge on any atom is -0.493 e. The number of rotatable bonds is 4. The fraction of sp³-hybridized carbons (Fsp3) is 0.308. The summed E-state index contributed by atoms with van der Waals surface area (Å²) in [6.07, 6.45) is -3.27. The molecule has 0 unspecified atom stereocenters. The van der Waals surface area contributed by atoms with Crippen LogP contribution in [0.15, 0.2) is 18.3 Å². The molecule has 0 spiro atoms. The molecule has 0 saturated carbocycles. The minimum absolute atomic E-state index is 0.162. The molecule has 2 N–H and O–H groups in total. The Kier molecular flexibility index (Phi) is 4.38. The third-order valence-electron chi connectivity index (χ3n) is 2.84. The van der Waals surface area contributed by atoms with E-state index >= 15 is 0 Å². The summed E-state index contributed by atoms with van der Waals surface area (Å²) in [7, 11) is 2.93. The van der Waals surface area contributed by atoms with Gasteiger partial charge in [0.15, 0.2) is 16.5 Å². The molecule has 0 fully saturated rings. The zero-order valence-corrected chi connectivity index (χ0v) is 12.1. The fourth-order valence-corrected chi connectivity index (χ4v) is 2.68. The highest BCUT2D eigenvalue weighted by atomic mass is 32.1. The summed E-state index contributed by atoms with van der Waals surface area (Å²) in [6.45, 7) is 0.162. The van der Waals surface area contributed by atoms with Crippen LogP contribution in [-0.2, 0) is 12.7 Å². The minimum atomic E-state index is -4.46. The molecule has 114 valence electrons. The van der Waals surface area contributed by atoms with E-state index in [1.165, 1.54) is 20.4 Å². The van der Waals surface area contributed by atoms with Gasteiger partial charge in [-0.3, -0.25) is 0 Å². The Morgan fingerprint density at radius 2 is 1.81 bits per heavy atom. The number of hydrogen-bond donors (Lipinski definition) is 1. The standard InChI is InChI=1S/C13H13F3N2O2S/c1-19-9-3-7(5-17)8(4-10(9)20-2)11-6-18-12(21-11)13(14,15)16/h3-4,6H,5,17H2,1-2H3. The second kappa shape index (κ2) is 5.90. The average molecular weight is 318 g/mol. The summed E-state index contributed by atoms with van der Waals surface area (Å²) in [5.41, 5.74) is 6.88. The Labute approximate surface area is 123 Å². The summed E-state index contributed by atoms with van der Waals surface area (Å²) >= 11 is 0.567. The van der Waals surface area contributed by atoms with E-state index in [1.54, 1.807) is 12.1 Å². The second-order valence-electron chi connectivity index (χ2n) is 4.10. The van der Waals surface area contributed by atoms with E-state index in [0.717, 1.165) is 0 Å². The lowest BCUT2D eigenvalue weighted by Crippen LogP contribution is -2.03. The van der Waals surface area contributed by atoms with Crippen molar-refractivity contribution in [1.29, 1.82) is 0 Å². The fourth-order valence-electron chi connectivity index (χ4n) is 1.85. The van der Waals surface area contributed by atoms with Gasteiger partial charge >= 0.3 is 6.18 Å². The molecule has 0 amide bonds. The highest BCUT2D eigenvalue weighted by molar-refractivity contribution is 7.15. The van der Waals surface area contributed by atoms with Crippen molar-refractivity contribution >= 4 is 11.3 Å². The Balaban J connectivity index is 2.54. The van der Waals surface area contributed by atoms with Crippen LogP contribution in [0.3, 0.4) is 0 Å². The average Bonchev–Trinajstić information content (AvgIpc) is 2.95. The summed E-state index contributed by atoms with van der Waals surface area (Å²) in [6, 6.07) is 3.26. The van der Waals surface area contributed by atoms with Crippen LogP contribution >= 0.6 is 11.3 Å². The molecule has 0 radical (unpaired) electrons. The molecule has 0 atom stereocenters. The number of benzene rings is 1. The van der Waals surface area contributed by atoms with Gasteiger partial charge in [0.05, 0.1) is 19.1 Å². The van der Waals surface area contributed by atoms with E-state index in [0.29, 0.717) is 38.8 Å². The predicted octanol–water partition coefficient (Wildman–Crippen LogP) is 3.30. The van der Waals surface area contributed by atoms with Crippen molar-refractivity contribution in [3.8, 4) is 21.9 Å². The third kappa shape index (κ3) is 3.11. The summed E-state index contributed by atoms with van der Waals surface area (Å²) in [4.78, 5) is 3.80. The van der Waals surface area contributed by atoms with Gasteiger partial charge in [-0.25, -0.2) is 4.98 Å². The maximum absolute atomic E-state index is 12.6. The van der Waals surface area contributed by atoms with Crippen LogP contribution in [0, 0.1) is 0 Å². The van der Waals surface area contributed by atoms with Crippen LogP contribution in [-0.4, -0.2) is 19.2 Å². The predicted molar refractivity (Wildman–Crippen MR) is 73.5 cm³/mol. The lowest BCUT2D eigenvalue weighted by molar-refractivity contribution is -0.137. The van der Waals surface area contributed by atoms with Gasteiger partial charge in [-0.05, 0) is 17.7 Å². The molecule has 4 nitrogen and oxygen atoms in total. The van der Waals surface area contributed by atoms with Gasteiger partial charge in [0, 0.05) is 18.3 Å². The van der Waals surface area contributed by atoms with Gasteiger partial charge in [0.1, 0.15) is 0 Å². The van der Waals surface area contributed by atoms with Gasteiger partial charge in [-0.1, -0.05) is 0 Å². The monoisotopic (exact) mass is 318 g/mol. The molecule has 21 heavy (non-hydrogen) atoms. The second-order valence-corrected chi connectivity index (χ2v) is 5.13.